The minimum absolute atomic E-state index is 0.0250. The molecule has 0 saturated heterocycles. The van der Waals surface area contributed by atoms with Gasteiger partial charge in [-0.25, -0.2) is 4.98 Å². The fourth-order valence-corrected chi connectivity index (χ4v) is 4.90. The SMILES string of the molecule is COc1ccc(Cn2cc(-c3nc(C(=O)Nc4cn(CC(C)(C(F)(F)F)C(F)(F)F)nc4-c4ccccn4)cs3)cn2)cc1. The first-order valence-electron chi connectivity index (χ1n) is 12.8. The third kappa shape index (κ3) is 6.29. The van der Waals surface area contributed by atoms with Gasteiger partial charge < -0.3 is 10.1 Å². The van der Waals surface area contributed by atoms with Crippen molar-refractivity contribution in [2.75, 3.05) is 12.4 Å². The summed E-state index contributed by atoms with van der Waals surface area (Å²) in [6.45, 7) is -1.04. The number of thiazole rings is 1. The Hall–Kier alpha value is -4.73. The maximum atomic E-state index is 13.6. The van der Waals surface area contributed by atoms with Crippen LogP contribution >= 0.6 is 11.3 Å². The van der Waals surface area contributed by atoms with Gasteiger partial charge in [0.05, 0.1) is 37.8 Å². The smallest absolute Gasteiger partial charge is 0.404 e. The number of carbonyl (C=O) groups is 1. The molecule has 4 heterocycles. The number of hydrogen-bond acceptors (Lipinski definition) is 7. The quantitative estimate of drug-likeness (QED) is 0.181. The topological polar surface area (TPSA) is 99.8 Å². The van der Waals surface area contributed by atoms with E-state index in [0.29, 0.717) is 21.8 Å². The average Bonchev–Trinajstić information content (AvgIpc) is 3.73. The second kappa shape index (κ2) is 11.7. The van der Waals surface area contributed by atoms with Crippen LogP contribution < -0.4 is 10.1 Å². The van der Waals surface area contributed by atoms with Gasteiger partial charge >= 0.3 is 12.4 Å². The van der Waals surface area contributed by atoms with Crippen LogP contribution in [0.4, 0.5) is 32.0 Å². The zero-order valence-electron chi connectivity index (χ0n) is 23.0. The van der Waals surface area contributed by atoms with Crippen molar-refractivity contribution in [1.82, 2.24) is 29.5 Å². The third-order valence-electron chi connectivity index (χ3n) is 6.77. The number of pyridine rings is 1. The maximum absolute atomic E-state index is 13.6. The number of rotatable bonds is 9. The number of anilines is 1. The van der Waals surface area contributed by atoms with Gasteiger partial charge in [0.1, 0.15) is 22.1 Å². The second-order valence-corrected chi connectivity index (χ2v) is 10.8. The zero-order chi connectivity index (χ0) is 31.7. The monoisotopic (exact) mass is 635 g/mol. The highest BCUT2D eigenvalue weighted by Crippen LogP contribution is 2.51. The molecular formula is C28H23F6N7O2S. The van der Waals surface area contributed by atoms with E-state index in [9.17, 15) is 31.1 Å². The van der Waals surface area contributed by atoms with Crippen LogP contribution in [-0.2, 0) is 13.1 Å². The fraction of sp³-hybridized carbons (Fsp3) is 0.250. The first-order valence-corrected chi connectivity index (χ1v) is 13.7. The fourth-order valence-electron chi connectivity index (χ4n) is 4.13. The number of methoxy groups -OCH3 is 1. The van der Waals surface area contributed by atoms with Crippen LogP contribution in [0.1, 0.15) is 23.0 Å². The number of aromatic nitrogens is 6. The van der Waals surface area contributed by atoms with Crippen molar-refractivity contribution in [3.63, 3.8) is 0 Å². The number of carbonyl (C=O) groups excluding carboxylic acids is 1. The lowest BCUT2D eigenvalue weighted by Crippen LogP contribution is -2.50. The van der Waals surface area contributed by atoms with Crippen molar-refractivity contribution >= 4 is 22.9 Å². The summed E-state index contributed by atoms with van der Waals surface area (Å²) in [5, 5.41) is 12.7. The van der Waals surface area contributed by atoms with Gasteiger partial charge in [0.25, 0.3) is 5.91 Å². The molecule has 5 rings (SSSR count). The first kappa shape index (κ1) is 30.7. The summed E-state index contributed by atoms with van der Waals surface area (Å²) in [5.41, 5.74) is -2.62. The Balaban J connectivity index is 1.37. The highest BCUT2D eigenvalue weighted by atomic mass is 32.1. The van der Waals surface area contributed by atoms with Crippen molar-refractivity contribution < 1.29 is 35.9 Å². The number of nitrogens with one attached hydrogen (secondary N) is 1. The van der Waals surface area contributed by atoms with Gasteiger partial charge in [-0.05, 0) is 36.8 Å². The molecule has 0 aliphatic heterocycles. The van der Waals surface area contributed by atoms with Crippen molar-refractivity contribution in [3.8, 4) is 27.7 Å². The normalized spacial score (nSPS) is 12.4. The lowest BCUT2D eigenvalue weighted by atomic mass is 9.89. The predicted molar refractivity (Wildman–Crippen MR) is 149 cm³/mol. The van der Waals surface area contributed by atoms with E-state index >= 15 is 0 Å². The molecule has 230 valence electrons. The highest BCUT2D eigenvalue weighted by molar-refractivity contribution is 7.13. The Morgan fingerprint density at radius 3 is 2.36 bits per heavy atom. The van der Waals surface area contributed by atoms with E-state index in [1.165, 1.54) is 17.6 Å². The maximum Gasteiger partial charge on any atom is 0.404 e. The first-order chi connectivity index (χ1) is 20.8. The van der Waals surface area contributed by atoms with Gasteiger partial charge in [0.2, 0.25) is 0 Å². The molecule has 0 spiro atoms. The van der Waals surface area contributed by atoms with E-state index in [1.54, 1.807) is 36.3 Å². The van der Waals surface area contributed by atoms with E-state index in [0.717, 1.165) is 28.8 Å². The molecule has 44 heavy (non-hydrogen) atoms. The molecule has 0 aliphatic rings. The number of nitrogens with zero attached hydrogens (tertiary/aromatic N) is 6. The van der Waals surface area contributed by atoms with Crippen LogP contribution in [-0.4, -0.2) is 54.9 Å². The molecule has 5 aromatic rings. The van der Waals surface area contributed by atoms with Gasteiger partial charge in [-0.1, -0.05) is 18.2 Å². The van der Waals surface area contributed by atoms with Crippen LogP contribution in [0.25, 0.3) is 22.0 Å². The molecule has 1 N–H and O–H groups in total. The molecule has 4 aromatic heterocycles. The second-order valence-electron chi connectivity index (χ2n) is 9.90. The Morgan fingerprint density at radius 2 is 1.73 bits per heavy atom. The van der Waals surface area contributed by atoms with E-state index in [2.05, 4.69) is 25.5 Å². The lowest BCUT2D eigenvalue weighted by molar-refractivity contribution is -0.339. The summed E-state index contributed by atoms with van der Waals surface area (Å²) in [4.78, 5) is 21.6. The Bertz CT molecular complexity index is 1730. The number of benzene rings is 1. The number of ether oxygens (including phenoxy) is 1. The molecule has 0 saturated carbocycles. The minimum atomic E-state index is -5.62. The number of hydrogen-bond donors (Lipinski definition) is 1. The molecule has 1 amide bonds. The van der Waals surface area contributed by atoms with Crippen LogP contribution in [0, 0.1) is 5.41 Å². The molecule has 9 nitrogen and oxygen atoms in total. The van der Waals surface area contributed by atoms with Gasteiger partial charge in [-0.15, -0.1) is 11.3 Å². The molecular weight excluding hydrogens is 612 g/mol. The summed E-state index contributed by atoms with van der Waals surface area (Å²) >= 11 is 1.16. The Kier molecular flexibility index (Phi) is 8.20. The molecule has 0 unspecified atom stereocenters. The molecule has 0 atom stereocenters. The van der Waals surface area contributed by atoms with E-state index in [1.807, 2.05) is 24.3 Å². The van der Waals surface area contributed by atoms with Crippen molar-refractivity contribution in [1.29, 1.82) is 0 Å². The third-order valence-corrected chi connectivity index (χ3v) is 7.66. The van der Waals surface area contributed by atoms with Crippen LogP contribution in [0.3, 0.4) is 0 Å². The Labute approximate surface area is 250 Å². The summed E-state index contributed by atoms with van der Waals surface area (Å²) in [6, 6.07) is 12.1. The molecule has 0 bridgehead atoms. The van der Waals surface area contributed by atoms with Crippen molar-refractivity contribution in [2.45, 2.75) is 32.4 Å². The van der Waals surface area contributed by atoms with E-state index in [-0.39, 0.29) is 29.7 Å². The van der Waals surface area contributed by atoms with E-state index in [4.69, 9.17) is 4.74 Å². The minimum Gasteiger partial charge on any atom is -0.497 e. The summed E-state index contributed by atoms with van der Waals surface area (Å²) in [5.74, 6) is -0.0201. The number of halogens is 6. The highest BCUT2D eigenvalue weighted by Gasteiger charge is 2.67. The molecule has 0 aliphatic carbocycles. The lowest BCUT2D eigenvalue weighted by Gasteiger charge is -2.33. The van der Waals surface area contributed by atoms with E-state index < -0.39 is 30.2 Å². The van der Waals surface area contributed by atoms with Crippen LogP contribution in [0.15, 0.2) is 72.6 Å². The van der Waals surface area contributed by atoms with Gasteiger partial charge in [0.15, 0.2) is 5.41 Å². The number of amides is 1. The van der Waals surface area contributed by atoms with Crippen LogP contribution in [0.2, 0.25) is 0 Å². The summed E-state index contributed by atoms with van der Waals surface area (Å²) < 4.78 is 88.8. The average molecular weight is 636 g/mol. The van der Waals surface area contributed by atoms with Crippen molar-refractivity contribution in [2.24, 2.45) is 5.41 Å². The summed E-state index contributed by atoms with van der Waals surface area (Å²) in [6.07, 6.45) is -5.61. The van der Waals surface area contributed by atoms with Gasteiger partial charge in [0, 0.05) is 29.5 Å². The van der Waals surface area contributed by atoms with Crippen LogP contribution in [0.5, 0.6) is 5.75 Å². The summed E-state index contributed by atoms with van der Waals surface area (Å²) in [7, 11) is 1.58. The van der Waals surface area contributed by atoms with Gasteiger partial charge in [-0.3, -0.25) is 19.1 Å². The van der Waals surface area contributed by atoms with Crippen molar-refractivity contribution in [3.05, 3.63) is 83.9 Å². The molecule has 1 aromatic carbocycles. The molecule has 0 radical (unpaired) electrons. The molecule has 0 fully saturated rings. The predicted octanol–water partition coefficient (Wildman–Crippen LogP) is 6.71. The Morgan fingerprint density at radius 1 is 1.00 bits per heavy atom. The number of alkyl halides is 6. The molecule has 16 heteroatoms. The largest absolute Gasteiger partial charge is 0.497 e. The van der Waals surface area contributed by atoms with Gasteiger partial charge in [-0.2, -0.15) is 36.5 Å². The standard InChI is InChI=1S/C28H23F6N7O2S/c1-26(27(29,30)31,28(32,33)34)16-41-14-21(23(39-41)20-5-3-4-10-35-20)37-24(42)22-15-44-25(38-22)18-11-36-40(13-18)12-17-6-8-19(43-2)9-7-17/h3-11,13-15H,12,16H2,1-2H3,(H,37,42). The zero-order valence-corrected chi connectivity index (χ0v) is 23.8.